The van der Waals surface area contributed by atoms with Gasteiger partial charge in [0, 0.05) is 17.0 Å². The number of aromatic nitrogens is 1. The molecule has 0 radical (unpaired) electrons. The fourth-order valence-corrected chi connectivity index (χ4v) is 5.79. The first-order chi connectivity index (χ1) is 20.6. The number of fused-ring (bicyclic) bond motifs is 1. The Kier molecular flexibility index (Phi) is 10.9. The molecule has 3 amide bonds. The van der Waals surface area contributed by atoms with Gasteiger partial charge in [-0.3, -0.25) is 19.2 Å². The van der Waals surface area contributed by atoms with Crippen molar-refractivity contribution in [2.75, 3.05) is 17.6 Å². The van der Waals surface area contributed by atoms with Crippen LogP contribution in [0.4, 0.5) is 5.69 Å². The van der Waals surface area contributed by atoms with Gasteiger partial charge in [0.15, 0.2) is 0 Å². The van der Waals surface area contributed by atoms with Crippen molar-refractivity contribution in [2.45, 2.75) is 44.6 Å². The summed E-state index contributed by atoms with van der Waals surface area (Å²) >= 11 is 2.98. The van der Waals surface area contributed by atoms with E-state index in [1.165, 1.54) is 11.8 Å². The maximum atomic E-state index is 13.0. The Hall–Kier alpha value is -4.22. The molecule has 3 N–H and O–H groups in total. The molecule has 4 rings (SSSR count). The molecule has 0 aliphatic carbocycles. The molecule has 1 atom stereocenters. The summed E-state index contributed by atoms with van der Waals surface area (Å²) in [6.45, 7) is 4.81. The Morgan fingerprint density at radius 2 is 1.60 bits per heavy atom. The van der Waals surface area contributed by atoms with Crippen LogP contribution in [0.5, 0.6) is 0 Å². The minimum absolute atomic E-state index is 0.0977. The number of para-hydroxylation sites is 1. The van der Waals surface area contributed by atoms with Crippen molar-refractivity contribution >= 4 is 62.7 Å². The predicted molar refractivity (Wildman–Crippen MR) is 172 cm³/mol. The Morgan fingerprint density at radius 1 is 0.907 bits per heavy atom. The number of amides is 3. The van der Waals surface area contributed by atoms with Gasteiger partial charge in [0.1, 0.15) is 16.7 Å². The number of thiazole rings is 1. The molecule has 1 heterocycles. The number of nitrogens with zero attached hydrogens (tertiary/aromatic N) is 1. The second kappa shape index (κ2) is 14.8. The van der Waals surface area contributed by atoms with Crippen molar-refractivity contribution in [3.63, 3.8) is 0 Å². The lowest BCUT2D eigenvalue weighted by molar-refractivity contribution is -0.156. The highest BCUT2D eigenvalue weighted by Gasteiger charge is 2.27. The number of rotatable bonds is 12. The third-order valence-electron chi connectivity index (χ3n) is 5.92. The lowest BCUT2D eigenvalue weighted by Crippen LogP contribution is -2.50. The quantitative estimate of drug-likeness (QED) is 0.187. The topological polar surface area (TPSA) is 126 Å². The molecule has 43 heavy (non-hydrogen) atoms. The molecule has 0 aliphatic heterocycles. The van der Waals surface area contributed by atoms with Crippen LogP contribution >= 0.6 is 23.1 Å². The molecule has 9 nitrogen and oxygen atoms in total. The van der Waals surface area contributed by atoms with E-state index in [0.29, 0.717) is 11.4 Å². The molecule has 0 saturated carbocycles. The number of esters is 1. The molecule has 0 aliphatic rings. The lowest BCUT2D eigenvalue weighted by atomic mass is 10.1. The van der Waals surface area contributed by atoms with E-state index in [-0.39, 0.29) is 18.7 Å². The van der Waals surface area contributed by atoms with Crippen LogP contribution in [-0.4, -0.2) is 52.6 Å². The SMILES string of the molecule is CC(C)(C)OC(=O)C[C@H](NC(=O)CSCc1ccccc1)C(=O)NCC(=O)Nc1ccc(-c2nc3ccccc3s2)cc1. The van der Waals surface area contributed by atoms with E-state index >= 15 is 0 Å². The zero-order valence-electron chi connectivity index (χ0n) is 24.2. The average Bonchev–Trinajstić information content (AvgIpc) is 3.40. The standard InChI is InChI=1S/C32H34N4O5S2/c1-32(2,3)41-29(39)17-25(35-28(38)20-42-19-21-9-5-4-6-10-21)30(40)33-18-27(37)34-23-15-13-22(14-16-23)31-36-24-11-7-8-12-26(24)43-31/h4-16,25H,17-20H2,1-3H3,(H,33,40)(H,34,37)(H,35,38)/t25-/m0/s1. The summed E-state index contributed by atoms with van der Waals surface area (Å²) in [6.07, 6.45) is -0.368. The van der Waals surface area contributed by atoms with Crippen molar-refractivity contribution in [3.8, 4) is 10.6 Å². The van der Waals surface area contributed by atoms with E-state index in [2.05, 4.69) is 20.9 Å². The number of anilines is 1. The molecule has 0 fully saturated rings. The Labute approximate surface area is 258 Å². The third kappa shape index (κ3) is 10.2. The maximum Gasteiger partial charge on any atom is 0.308 e. The van der Waals surface area contributed by atoms with E-state index < -0.39 is 35.3 Å². The van der Waals surface area contributed by atoms with Gasteiger partial charge < -0.3 is 20.7 Å². The van der Waals surface area contributed by atoms with Gasteiger partial charge >= 0.3 is 5.97 Å². The number of nitrogens with one attached hydrogen (secondary N) is 3. The van der Waals surface area contributed by atoms with Crippen LogP contribution in [0.25, 0.3) is 20.8 Å². The molecule has 0 bridgehead atoms. The molecular weight excluding hydrogens is 585 g/mol. The number of carbonyl (C=O) groups is 4. The van der Waals surface area contributed by atoms with Gasteiger partial charge in [0.2, 0.25) is 17.7 Å². The van der Waals surface area contributed by atoms with Gasteiger partial charge in [-0.25, -0.2) is 4.98 Å². The van der Waals surface area contributed by atoms with Crippen LogP contribution < -0.4 is 16.0 Å². The highest BCUT2D eigenvalue weighted by atomic mass is 32.2. The first-order valence-corrected chi connectivity index (χ1v) is 15.7. The number of carbonyl (C=O) groups excluding carboxylic acids is 4. The van der Waals surface area contributed by atoms with Crippen molar-refractivity contribution in [2.24, 2.45) is 0 Å². The first-order valence-electron chi connectivity index (χ1n) is 13.7. The molecule has 4 aromatic rings. The minimum Gasteiger partial charge on any atom is -0.460 e. The number of thioether (sulfide) groups is 1. The molecule has 224 valence electrons. The summed E-state index contributed by atoms with van der Waals surface area (Å²) in [4.78, 5) is 55.3. The fraction of sp³-hybridized carbons (Fsp3) is 0.281. The van der Waals surface area contributed by atoms with E-state index in [1.54, 1.807) is 44.2 Å². The van der Waals surface area contributed by atoms with E-state index in [9.17, 15) is 19.2 Å². The van der Waals surface area contributed by atoms with Crippen molar-refractivity contribution in [1.82, 2.24) is 15.6 Å². The molecule has 0 unspecified atom stereocenters. The van der Waals surface area contributed by atoms with Crippen molar-refractivity contribution in [3.05, 3.63) is 84.4 Å². The lowest BCUT2D eigenvalue weighted by Gasteiger charge is -2.22. The zero-order chi connectivity index (χ0) is 30.8. The van der Waals surface area contributed by atoms with E-state index in [4.69, 9.17) is 4.74 Å². The van der Waals surface area contributed by atoms with Crippen LogP contribution in [0.15, 0.2) is 78.9 Å². The number of ether oxygens (including phenoxy) is 1. The van der Waals surface area contributed by atoms with Crippen LogP contribution in [-0.2, 0) is 29.7 Å². The van der Waals surface area contributed by atoms with Gasteiger partial charge in [-0.1, -0.05) is 42.5 Å². The van der Waals surface area contributed by atoms with Gasteiger partial charge in [-0.15, -0.1) is 23.1 Å². The molecule has 1 aromatic heterocycles. The highest BCUT2D eigenvalue weighted by molar-refractivity contribution is 7.99. The fourth-order valence-electron chi connectivity index (χ4n) is 4.02. The maximum absolute atomic E-state index is 13.0. The zero-order valence-corrected chi connectivity index (χ0v) is 25.8. The Morgan fingerprint density at radius 3 is 2.30 bits per heavy atom. The van der Waals surface area contributed by atoms with Crippen molar-refractivity contribution in [1.29, 1.82) is 0 Å². The second-order valence-electron chi connectivity index (χ2n) is 10.7. The van der Waals surface area contributed by atoms with Gasteiger partial charge in [-0.05, 0) is 62.7 Å². The molecule has 3 aromatic carbocycles. The highest BCUT2D eigenvalue weighted by Crippen LogP contribution is 2.30. The summed E-state index contributed by atoms with van der Waals surface area (Å²) in [5, 5.41) is 8.76. The summed E-state index contributed by atoms with van der Waals surface area (Å²) in [7, 11) is 0. The van der Waals surface area contributed by atoms with Crippen LogP contribution in [0, 0.1) is 0 Å². The predicted octanol–water partition coefficient (Wildman–Crippen LogP) is 5.17. The van der Waals surface area contributed by atoms with Crippen LogP contribution in [0.3, 0.4) is 0 Å². The number of benzene rings is 3. The summed E-state index contributed by atoms with van der Waals surface area (Å²) < 4.78 is 6.44. The smallest absolute Gasteiger partial charge is 0.308 e. The normalized spacial score (nSPS) is 11.9. The monoisotopic (exact) mass is 618 g/mol. The minimum atomic E-state index is -1.19. The number of hydrogen-bond acceptors (Lipinski definition) is 8. The molecule has 0 spiro atoms. The molecule has 0 saturated heterocycles. The Bertz CT molecular complexity index is 1530. The van der Waals surface area contributed by atoms with Crippen LogP contribution in [0.2, 0.25) is 0 Å². The average molecular weight is 619 g/mol. The van der Waals surface area contributed by atoms with Crippen molar-refractivity contribution < 1.29 is 23.9 Å². The first kappa shape index (κ1) is 31.7. The van der Waals surface area contributed by atoms with E-state index in [1.807, 2.05) is 66.7 Å². The largest absolute Gasteiger partial charge is 0.460 e. The summed E-state index contributed by atoms with van der Waals surface area (Å²) in [5.41, 5.74) is 2.73. The van der Waals surface area contributed by atoms with Gasteiger partial charge in [-0.2, -0.15) is 0 Å². The van der Waals surface area contributed by atoms with E-state index in [0.717, 1.165) is 26.4 Å². The second-order valence-corrected chi connectivity index (χ2v) is 12.7. The molecular formula is C32H34N4O5S2. The van der Waals surface area contributed by atoms with Gasteiger partial charge in [0.05, 0.1) is 28.9 Å². The van der Waals surface area contributed by atoms with Gasteiger partial charge in [0.25, 0.3) is 0 Å². The molecule has 11 heteroatoms. The Balaban J connectivity index is 1.30. The summed E-state index contributed by atoms with van der Waals surface area (Å²) in [5.74, 6) is -1.43. The third-order valence-corrected chi connectivity index (χ3v) is 8.01. The summed E-state index contributed by atoms with van der Waals surface area (Å²) in [6, 6.07) is 23.7. The number of hydrogen-bond donors (Lipinski definition) is 3. The van der Waals surface area contributed by atoms with Crippen LogP contribution in [0.1, 0.15) is 32.8 Å².